The standard InChI is InChI=1S/C12H13NO6/c14-12(15)9-2-1-3-10(13(16)17)11(9)19-8-4-6-18-7-5-8/h1-3,8H,4-7H2,(H,14,15). The first-order chi connectivity index (χ1) is 9.09. The van der Waals surface area contributed by atoms with Crippen LogP contribution in [0.1, 0.15) is 23.2 Å². The molecule has 102 valence electrons. The van der Waals surface area contributed by atoms with Crippen molar-refractivity contribution in [2.75, 3.05) is 13.2 Å². The fraction of sp³-hybridized carbons (Fsp3) is 0.417. The maximum absolute atomic E-state index is 11.1. The van der Waals surface area contributed by atoms with Crippen molar-refractivity contribution in [3.05, 3.63) is 33.9 Å². The number of ether oxygens (including phenoxy) is 2. The minimum Gasteiger partial charge on any atom is -0.483 e. The van der Waals surface area contributed by atoms with Crippen LogP contribution in [0, 0.1) is 10.1 Å². The molecule has 1 saturated heterocycles. The normalized spacial score (nSPS) is 16.0. The van der Waals surface area contributed by atoms with E-state index in [4.69, 9.17) is 14.6 Å². The summed E-state index contributed by atoms with van der Waals surface area (Å²) in [4.78, 5) is 21.4. The van der Waals surface area contributed by atoms with Gasteiger partial charge in [0.1, 0.15) is 11.7 Å². The Morgan fingerprint density at radius 1 is 1.42 bits per heavy atom. The first-order valence-electron chi connectivity index (χ1n) is 5.84. The van der Waals surface area contributed by atoms with E-state index in [-0.39, 0.29) is 23.1 Å². The molecule has 0 amide bonds. The van der Waals surface area contributed by atoms with Crippen LogP contribution in [0.4, 0.5) is 5.69 Å². The number of nitro benzene ring substituents is 1. The molecule has 0 spiro atoms. The van der Waals surface area contributed by atoms with Gasteiger partial charge in [0, 0.05) is 18.9 Å². The monoisotopic (exact) mass is 267 g/mol. The number of benzene rings is 1. The minimum atomic E-state index is -1.24. The van der Waals surface area contributed by atoms with Crippen molar-refractivity contribution in [3.8, 4) is 5.75 Å². The summed E-state index contributed by atoms with van der Waals surface area (Å²) in [5, 5.41) is 20.0. The average molecular weight is 267 g/mol. The van der Waals surface area contributed by atoms with E-state index in [2.05, 4.69) is 0 Å². The molecule has 0 aromatic heterocycles. The van der Waals surface area contributed by atoms with Gasteiger partial charge >= 0.3 is 11.7 Å². The predicted molar refractivity (Wildman–Crippen MR) is 64.5 cm³/mol. The van der Waals surface area contributed by atoms with Crippen LogP contribution in [-0.4, -0.2) is 35.3 Å². The third-order valence-electron chi connectivity index (χ3n) is 2.87. The van der Waals surface area contributed by atoms with Crippen molar-refractivity contribution < 1.29 is 24.3 Å². The fourth-order valence-corrected chi connectivity index (χ4v) is 1.92. The summed E-state index contributed by atoms with van der Waals surface area (Å²) >= 11 is 0. The van der Waals surface area contributed by atoms with Gasteiger partial charge in [-0.1, -0.05) is 6.07 Å². The number of nitrogens with zero attached hydrogens (tertiary/aromatic N) is 1. The van der Waals surface area contributed by atoms with Gasteiger partial charge in [0.15, 0.2) is 0 Å². The Labute approximate surface area is 108 Å². The molecular weight excluding hydrogens is 254 g/mol. The number of nitro groups is 1. The van der Waals surface area contributed by atoms with Crippen LogP contribution in [0.5, 0.6) is 5.75 Å². The summed E-state index contributed by atoms with van der Waals surface area (Å²) in [5.41, 5.74) is -0.521. The second-order valence-corrected chi connectivity index (χ2v) is 4.15. The SMILES string of the molecule is O=C(O)c1cccc([N+](=O)[O-])c1OC1CCOCC1. The van der Waals surface area contributed by atoms with Crippen molar-refractivity contribution in [3.63, 3.8) is 0 Å². The van der Waals surface area contributed by atoms with Crippen LogP contribution in [-0.2, 0) is 4.74 Å². The van der Waals surface area contributed by atoms with Crippen LogP contribution >= 0.6 is 0 Å². The number of aromatic carboxylic acids is 1. The molecule has 1 N–H and O–H groups in total. The molecule has 1 aliphatic rings. The minimum absolute atomic E-state index is 0.174. The van der Waals surface area contributed by atoms with E-state index in [1.54, 1.807) is 0 Å². The van der Waals surface area contributed by atoms with E-state index in [9.17, 15) is 14.9 Å². The van der Waals surface area contributed by atoms with Gasteiger partial charge in [-0.3, -0.25) is 10.1 Å². The molecule has 0 radical (unpaired) electrons. The third kappa shape index (κ3) is 3.00. The highest BCUT2D eigenvalue weighted by atomic mass is 16.6. The Balaban J connectivity index is 2.34. The molecule has 0 unspecified atom stereocenters. The van der Waals surface area contributed by atoms with Crippen LogP contribution < -0.4 is 4.74 Å². The predicted octanol–water partition coefficient (Wildman–Crippen LogP) is 1.85. The second-order valence-electron chi connectivity index (χ2n) is 4.15. The first-order valence-corrected chi connectivity index (χ1v) is 5.84. The van der Waals surface area contributed by atoms with Crippen LogP contribution in [0.3, 0.4) is 0 Å². The lowest BCUT2D eigenvalue weighted by molar-refractivity contribution is -0.386. The Hall–Kier alpha value is -2.15. The first kappa shape index (κ1) is 13.3. The zero-order valence-corrected chi connectivity index (χ0v) is 10.1. The average Bonchev–Trinajstić information content (AvgIpc) is 2.39. The molecule has 7 nitrogen and oxygen atoms in total. The molecule has 2 rings (SSSR count). The molecular formula is C12H13NO6. The quantitative estimate of drug-likeness (QED) is 0.660. The second kappa shape index (κ2) is 5.66. The van der Waals surface area contributed by atoms with Gasteiger partial charge in [0.25, 0.3) is 0 Å². The molecule has 0 aliphatic carbocycles. The maximum Gasteiger partial charge on any atom is 0.339 e. The van der Waals surface area contributed by atoms with E-state index in [0.29, 0.717) is 26.1 Å². The molecule has 0 atom stereocenters. The molecule has 1 fully saturated rings. The Morgan fingerprint density at radius 2 is 2.11 bits per heavy atom. The number of carboxylic acids is 1. The van der Waals surface area contributed by atoms with Gasteiger partial charge in [-0.2, -0.15) is 0 Å². The summed E-state index contributed by atoms with van der Waals surface area (Å²) in [6.45, 7) is 1.02. The van der Waals surface area contributed by atoms with E-state index in [1.807, 2.05) is 0 Å². The lowest BCUT2D eigenvalue weighted by atomic mass is 10.1. The van der Waals surface area contributed by atoms with Gasteiger partial charge in [-0.05, 0) is 6.07 Å². The largest absolute Gasteiger partial charge is 0.483 e. The highest BCUT2D eigenvalue weighted by Gasteiger charge is 2.26. The van der Waals surface area contributed by atoms with Gasteiger partial charge < -0.3 is 14.6 Å². The van der Waals surface area contributed by atoms with Crippen molar-refractivity contribution >= 4 is 11.7 Å². The zero-order valence-electron chi connectivity index (χ0n) is 10.1. The smallest absolute Gasteiger partial charge is 0.339 e. The maximum atomic E-state index is 11.1. The van der Waals surface area contributed by atoms with Crippen molar-refractivity contribution in [2.24, 2.45) is 0 Å². The lowest BCUT2D eigenvalue weighted by Crippen LogP contribution is -2.26. The van der Waals surface area contributed by atoms with Gasteiger partial charge in [0.05, 0.1) is 18.1 Å². The third-order valence-corrected chi connectivity index (χ3v) is 2.87. The summed E-state index contributed by atoms with van der Waals surface area (Å²) < 4.78 is 10.7. The number of carbonyl (C=O) groups is 1. The molecule has 1 aliphatic heterocycles. The van der Waals surface area contributed by atoms with Crippen LogP contribution in [0.15, 0.2) is 18.2 Å². The van der Waals surface area contributed by atoms with Crippen molar-refractivity contribution in [1.29, 1.82) is 0 Å². The van der Waals surface area contributed by atoms with Gasteiger partial charge in [-0.25, -0.2) is 4.79 Å². The van der Waals surface area contributed by atoms with E-state index >= 15 is 0 Å². The number of rotatable bonds is 4. The molecule has 1 aromatic rings. The van der Waals surface area contributed by atoms with Crippen molar-refractivity contribution in [2.45, 2.75) is 18.9 Å². The number of carboxylic acid groups (broad SMARTS) is 1. The molecule has 7 heteroatoms. The number of hydrogen-bond acceptors (Lipinski definition) is 5. The lowest BCUT2D eigenvalue weighted by Gasteiger charge is -2.23. The molecule has 1 aromatic carbocycles. The van der Waals surface area contributed by atoms with E-state index in [0.717, 1.165) is 0 Å². The summed E-state index contributed by atoms with van der Waals surface area (Å²) in [7, 11) is 0. The summed E-state index contributed by atoms with van der Waals surface area (Å²) in [5.74, 6) is -1.42. The van der Waals surface area contributed by atoms with E-state index < -0.39 is 10.9 Å². The van der Waals surface area contributed by atoms with Crippen LogP contribution in [0.25, 0.3) is 0 Å². The molecule has 19 heavy (non-hydrogen) atoms. The number of para-hydroxylation sites is 1. The molecule has 0 saturated carbocycles. The zero-order chi connectivity index (χ0) is 13.8. The Kier molecular flexibility index (Phi) is 3.96. The van der Waals surface area contributed by atoms with Gasteiger partial charge in [-0.15, -0.1) is 0 Å². The fourth-order valence-electron chi connectivity index (χ4n) is 1.92. The highest BCUT2D eigenvalue weighted by Crippen LogP contribution is 2.33. The Morgan fingerprint density at radius 3 is 2.68 bits per heavy atom. The molecule has 0 bridgehead atoms. The number of hydrogen-bond donors (Lipinski definition) is 1. The summed E-state index contributed by atoms with van der Waals surface area (Å²) in [6.07, 6.45) is 0.920. The summed E-state index contributed by atoms with van der Waals surface area (Å²) in [6, 6.07) is 3.86. The highest BCUT2D eigenvalue weighted by molar-refractivity contribution is 5.92. The van der Waals surface area contributed by atoms with Crippen LogP contribution in [0.2, 0.25) is 0 Å². The van der Waals surface area contributed by atoms with Gasteiger partial charge in [0.2, 0.25) is 5.75 Å². The Bertz CT molecular complexity index is 463. The van der Waals surface area contributed by atoms with E-state index in [1.165, 1.54) is 18.2 Å². The molecule has 1 heterocycles. The van der Waals surface area contributed by atoms with Crippen molar-refractivity contribution in [1.82, 2.24) is 0 Å². The topological polar surface area (TPSA) is 98.9 Å².